The minimum Gasteiger partial charge on any atom is -0.350 e. The lowest BCUT2D eigenvalue weighted by Gasteiger charge is -2.32. The molecular weight excluding hydrogens is 503 g/mol. The number of nitrogens with zero attached hydrogens (tertiary/aromatic N) is 1. The van der Waals surface area contributed by atoms with Crippen LogP contribution in [0.5, 0.6) is 0 Å². The summed E-state index contributed by atoms with van der Waals surface area (Å²) in [6, 6.07) is 33.4. The molecule has 0 aliphatic rings. The van der Waals surface area contributed by atoms with E-state index in [1.54, 1.807) is 23.1 Å². The molecule has 6 heteroatoms. The molecule has 4 rings (SSSR count). The number of carbonyl (C=O) groups is 2. The van der Waals surface area contributed by atoms with Crippen LogP contribution in [0.4, 0.5) is 0 Å². The maximum Gasteiger partial charge on any atom is 0.247 e. The number of nitrogens with one attached hydrogen (secondary N) is 1. The Hall–Kier alpha value is -3.60. The zero-order chi connectivity index (χ0) is 26.0. The molecule has 0 bridgehead atoms. The first kappa shape index (κ1) is 26.5. The fourth-order valence-electron chi connectivity index (χ4n) is 4.20. The Kier molecular flexibility index (Phi) is 9.36. The van der Waals surface area contributed by atoms with E-state index in [9.17, 15) is 9.59 Å². The van der Waals surface area contributed by atoms with Crippen LogP contribution in [-0.4, -0.2) is 16.7 Å². The van der Waals surface area contributed by atoms with Gasteiger partial charge in [-0.25, -0.2) is 0 Å². The van der Waals surface area contributed by atoms with Crippen LogP contribution in [0.15, 0.2) is 109 Å². The van der Waals surface area contributed by atoms with Crippen molar-refractivity contribution in [3.63, 3.8) is 0 Å². The molecule has 0 saturated heterocycles. The van der Waals surface area contributed by atoms with Gasteiger partial charge < -0.3 is 10.2 Å². The van der Waals surface area contributed by atoms with Crippen LogP contribution in [0.25, 0.3) is 0 Å². The molecule has 4 nitrogen and oxygen atoms in total. The quantitative estimate of drug-likeness (QED) is 0.239. The van der Waals surface area contributed by atoms with Crippen molar-refractivity contribution in [2.75, 3.05) is 0 Å². The number of hydrogen-bond donors (Lipinski definition) is 1. The van der Waals surface area contributed by atoms with Gasteiger partial charge in [-0.15, -0.1) is 0 Å². The summed E-state index contributed by atoms with van der Waals surface area (Å²) >= 11 is 12.4. The van der Waals surface area contributed by atoms with E-state index >= 15 is 0 Å². The highest BCUT2D eigenvalue weighted by molar-refractivity contribution is 6.35. The van der Waals surface area contributed by atoms with Gasteiger partial charge in [0.1, 0.15) is 6.04 Å². The summed E-state index contributed by atoms with van der Waals surface area (Å²) in [5.41, 5.74) is 3.51. The molecule has 37 heavy (non-hydrogen) atoms. The fraction of sp³-hybridized carbons (Fsp3) is 0.161. The lowest BCUT2D eigenvalue weighted by atomic mass is 10.0. The molecule has 1 unspecified atom stereocenters. The Labute approximate surface area is 227 Å². The molecule has 4 aromatic rings. The van der Waals surface area contributed by atoms with E-state index in [4.69, 9.17) is 23.2 Å². The molecule has 1 atom stereocenters. The zero-order valence-electron chi connectivity index (χ0n) is 20.3. The molecule has 1 N–H and O–H groups in total. The number of rotatable bonds is 10. The van der Waals surface area contributed by atoms with Gasteiger partial charge in [0.05, 0.1) is 0 Å². The number of halogens is 2. The molecule has 0 saturated carbocycles. The van der Waals surface area contributed by atoms with Crippen molar-refractivity contribution in [3.8, 4) is 0 Å². The summed E-state index contributed by atoms with van der Waals surface area (Å²) in [6.45, 7) is 0.526. The summed E-state index contributed by atoms with van der Waals surface area (Å²) in [7, 11) is 0. The van der Waals surface area contributed by atoms with Crippen molar-refractivity contribution >= 4 is 35.0 Å². The van der Waals surface area contributed by atoms with Gasteiger partial charge >= 0.3 is 0 Å². The predicted molar refractivity (Wildman–Crippen MR) is 149 cm³/mol. The van der Waals surface area contributed by atoms with Crippen LogP contribution in [-0.2, 0) is 29.1 Å². The molecule has 0 aliphatic carbocycles. The van der Waals surface area contributed by atoms with Gasteiger partial charge in [-0.3, -0.25) is 9.59 Å². The van der Waals surface area contributed by atoms with Crippen LogP contribution in [0, 0.1) is 0 Å². The topological polar surface area (TPSA) is 49.4 Å². The number of benzene rings is 4. The zero-order valence-corrected chi connectivity index (χ0v) is 21.8. The fourth-order valence-corrected chi connectivity index (χ4v) is 4.67. The molecule has 0 aliphatic heterocycles. The largest absolute Gasteiger partial charge is 0.350 e. The number of amides is 2. The lowest BCUT2D eigenvalue weighted by Crippen LogP contribution is -2.43. The van der Waals surface area contributed by atoms with Crippen molar-refractivity contribution in [3.05, 3.63) is 141 Å². The van der Waals surface area contributed by atoms with Gasteiger partial charge in [0, 0.05) is 29.6 Å². The first-order valence-corrected chi connectivity index (χ1v) is 12.9. The third-order valence-corrected chi connectivity index (χ3v) is 6.72. The summed E-state index contributed by atoms with van der Waals surface area (Å²) in [5, 5.41) is 4.00. The van der Waals surface area contributed by atoms with E-state index < -0.39 is 6.04 Å². The van der Waals surface area contributed by atoms with Crippen LogP contribution in [0.1, 0.15) is 34.7 Å². The van der Waals surface area contributed by atoms with Crippen LogP contribution >= 0.6 is 23.2 Å². The standard InChI is InChI=1S/C31H28Cl2N2O2/c32-27-18-17-26(28(33)20-27)21-34-31(37)30(25-14-8-3-9-15-25)35(22-24-12-6-2-7-13-24)29(36)19-16-23-10-4-1-5-11-23/h1-15,17-18,20,30H,16,19,21-22H2,(H,34,37). The van der Waals surface area contributed by atoms with Crippen molar-refractivity contribution in [1.29, 1.82) is 0 Å². The highest BCUT2D eigenvalue weighted by Crippen LogP contribution is 2.26. The van der Waals surface area contributed by atoms with E-state index in [1.807, 2.05) is 91.0 Å². The monoisotopic (exact) mass is 530 g/mol. The molecule has 0 heterocycles. The van der Waals surface area contributed by atoms with Gasteiger partial charge in [0.25, 0.3) is 0 Å². The average molecular weight is 531 g/mol. The molecule has 2 amide bonds. The van der Waals surface area contributed by atoms with Crippen LogP contribution < -0.4 is 5.32 Å². The lowest BCUT2D eigenvalue weighted by molar-refractivity contribution is -0.141. The first-order valence-electron chi connectivity index (χ1n) is 12.1. The van der Waals surface area contributed by atoms with Gasteiger partial charge in [0.15, 0.2) is 0 Å². The third-order valence-electron chi connectivity index (χ3n) is 6.13. The Morgan fingerprint density at radius 1 is 0.757 bits per heavy atom. The third kappa shape index (κ3) is 7.45. The molecule has 0 spiro atoms. The summed E-state index contributed by atoms with van der Waals surface area (Å²) < 4.78 is 0. The summed E-state index contributed by atoms with van der Waals surface area (Å²) in [6.07, 6.45) is 0.880. The van der Waals surface area contributed by atoms with E-state index in [1.165, 1.54) is 0 Å². The average Bonchev–Trinajstić information content (AvgIpc) is 2.92. The van der Waals surface area contributed by atoms with Crippen LogP contribution in [0.3, 0.4) is 0 Å². The minimum absolute atomic E-state index is 0.0961. The number of aryl methyl sites for hydroxylation is 1. The van der Waals surface area contributed by atoms with Crippen molar-refractivity contribution in [2.45, 2.75) is 32.0 Å². The Morgan fingerprint density at radius 3 is 1.97 bits per heavy atom. The molecule has 4 aromatic carbocycles. The second kappa shape index (κ2) is 13.1. The maximum absolute atomic E-state index is 13.7. The second-order valence-corrected chi connectivity index (χ2v) is 9.60. The maximum atomic E-state index is 13.7. The van der Waals surface area contributed by atoms with E-state index in [0.29, 0.717) is 23.0 Å². The molecule has 0 aromatic heterocycles. The normalized spacial score (nSPS) is 11.5. The highest BCUT2D eigenvalue weighted by atomic mass is 35.5. The molecule has 0 radical (unpaired) electrons. The van der Waals surface area contributed by atoms with Gasteiger partial charge in [-0.05, 0) is 40.8 Å². The van der Waals surface area contributed by atoms with Gasteiger partial charge in [-0.1, -0.05) is 120 Å². The summed E-state index contributed by atoms with van der Waals surface area (Å²) in [5.74, 6) is -0.373. The summed E-state index contributed by atoms with van der Waals surface area (Å²) in [4.78, 5) is 29.1. The predicted octanol–water partition coefficient (Wildman–Crippen LogP) is 7.01. The van der Waals surface area contributed by atoms with E-state index in [2.05, 4.69) is 5.32 Å². The number of carbonyl (C=O) groups excluding carboxylic acids is 2. The molecular formula is C31H28Cl2N2O2. The minimum atomic E-state index is -0.809. The van der Waals surface area contributed by atoms with Crippen molar-refractivity contribution < 1.29 is 9.59 Å². The molecule has 0 fully saturated rings. The van der Waals surface area contributed by atoms with Crippen LogP contribution in [0.2, 0.25) is 10.0 Å². The smallest absolute Gasteiger partial charge is 0.247 e. The Bertz CT molecular complexity index is 1320. The highest BCUT2D eigenvalue weighted by Gasteiger charge is 2.31. The van der Waals surface area contributed by atoms with Crippen molar-refractivity contribution in [2.24, 2.45) is 0 Å². The Balaban J connectivity index is 1.62. The Morgan fingerprint density at radius 2 is 1.35 bits per heavy atom. The number of hydrogen-bond acceptors (Lipinski definition) is 2. The first-order chi connectivity index (χ1) is 18.0. The van der Waals surface area contributed by atoms with Gasteiger partial charge in [-0.2, -0.15) is 0 Å². The van der Waals surface area contributed by atoms with Gasteiger partial charge in [0.2, 0.25) is 11.8 Å². The second-order valence-electron chi connectivity index (χ2n) is 8.76. The van der Waals surface area contributed by atoms with E-state index in [0.717, 1.165) is 22.3 Å². The van der Waals surface area contributed by atoms with E-state index in [-0.39, 0.29) is 24.8 Å². The van der Waals surface area contributed by atoms with Crippen molar-refractivity contribution in [1.82, 2.24) is 10.2 Å². The molecule has 188 valence electrons. The SMILES string of the molecule is O=C(NCc1ccc(Cl)cc1Cl)C(c1ccccc1)N(Cc1ccccc1)C(=O)CCc1ccccc1.